The molecule has 0 spiro atoms. The molecule has 4 heteroatoms. The third kappa shape index (κ3) is 2.99. The van der Waals surface area contributed by atoms with Gasteiger partial charge in [-0.25, -0.2) is 0 Å². The van der Waals surface area contributed by atoms with Gasteiger partial charge in [-0.15, -0.1) is 0 Å². The quantitative estimate of drug-likeness (QED) is 0.775. The molecule has 0 saturated carbocycles. The molecule has 0 aliphatic carbocycles. The fourth-order valence-corrected chi connectivity index (χ4v) is 2.19. The highest BCUT2D eigenvalue weighted by Gasteiger charge is 2.22. The van der Waals surface area contributed by atoms with Crippen LogP contribution in [0.2, 0.25) is 5.02 Å². The Morgan fingerprint density at radius 1 is 1.59 bits per heavy atom. The van der Waals surface area contributed by atoms with Crippen LogP contribution in [0.1, 0.15) is 29.6 Å². The number of Topliss-reactive ketones (excluding diaryl/α,β-unsaturated/α-hetero) is 1. The van der Waals surface area contributed by atoms with Gasteiger partial charge < -0.3 is 9.47 Å². The molecule has 1 aromatic rings. The van der Waals surface area contributed by atoms with Crippen LogP contribution in [0.15, 0.2) is 18.2 Å². The molecule has 17 heavy (non-hydrogen) atoms. The van der Waals surface area contributed by atoms with Crippen molar-refractivity contribution in [3.05, 3.63) is 28.8 Å². The van der Waals surface area contributed by atoms with Gasteiger partial charge in [0.15, 0.2) is 5.78 Å². The molecule has 1 aliphatic rings. The predicted octanol–water partition coefficient (Wildman–Crippen LogP) is 3.10. The van der Waals surface area contributed by atoms with Crippen LogP contribution in [0, 0.1) is 0 Å². The molecule has 1 saturated heterocycles. The Morgan fingerprint density at radius 3 is 3.06 bits per heavy atom. The normalized spacial score (nSPS) is 19.3. The van der Waals surface area contributed by atoms with Crippen LogP contribution < -0.4 is 4.74 Å². The van der Waals surface area contributed by atoms with Gasteiger partial charge >= 0.3 is 0 Å². The molecular weight excluding hydrogens is 240 g/mol. The Bertz CT molecular complexity index is 411. The van der Waals surface area contributed by atoms with Gasteiger partial charge in [-0.05, 0) is 31.0 Å². The second-order valence-electron chi connectivity index (χ2n) is 4.11. The van der Waals surface area contributed by atoms with Crippen molar-refractivity contribution in [2.45, 2.75) is 25.4 Å². The topological polar surface area (TPSA) is 35.5 Å². The van der Waals surface area contributed by atoms with Gasteiger partial charge in [-0.3, -0.25) is 4.79 Å². The van der Waals surface area contributed by atoms with Gasteiger partial charge in [0.25, 0.3) is 0 Å². The van der Waals surface area contributed by atoms with Crippen molar-refractivity contribution < 1.29 is 14.3 Å². The van der Waals surface area contributed by atoms with Gasteiger partial charge in [-0.1, -0.05) is 11.6 Å². The zero-order chi connectivity index (χ0) is 12.3. The standard InChI is InChI=1S/C13H15ClO3/c1-16-13-5-4-9(14)7-11(13)12(15)8-10-3-2-6-17-10/h4-5,7,10H,2-3,6,8H2,1H3. The average Bonchev–Trinajstić information content (AvgIpc) is 2.81. The van der Waals surface area contributed by atoms with E-state index in [1.807, 2.05) is 0 Å². The molecule has 92 valence electrons. The fraction of sp³-hybridized carbons (Fsp3) is 0.462. The predicted molar refractivity (Wildman–Crippen MR) is 65.9 cm³/mol. The monoisotopic (exact) mass is 254 g/mol. The zero-order valence-corrected chi connectivity index (χ0v) is 10.5. The first-order valence-corrected chi connectivity index (χ1v) is 6.07. The van der Waals surface area contributed by atoms with E-state index in [4.69, 9.17) is 21.1 Å². The van der Waals surface area contributed by atoms with E-state index in [2.05, 4.69) is 0 Å². The lowest BCUT2D eigenvalue weighted by molar-refractivity contribution is 0.0773. The van der Waals surface area contributed by atoms with Gasteiger partial charge in [0, 0.05) is 18.1 Å². The van der Waals surface area contributed by atoms with Crippen molar-refractivity contribution in [1.29, 1.82) is 0 Å². The van der Waals surface area contributed by atoms with Crippen molar-refractivity contribution in [1.82, 2.24) is 0 Å². The smallest absolute Gasteiger partial charge is 0.169 e. The number of carbonyl (C=O) groups is 1. The summed E-state index contributed by atoms with van der Waals surface area (Å²) in [6, 6.07) is 5.08. The number of methoxy groups -OCH3 is 1. The number of carbonyl (C=O) groups excluding carboxylic acids is 1. The highest BCUT2D eigenvalue weighted by molar-refractivity contribution is 6.31. The molecule has 1 unspecified atom stereocenters. The third-order valence-electron chi connectivity index (χ3n) is 2.90. The summed E-state index contributed by atoms with van der Waals surface area (Å²) >= 11 is 5.90. The molecule has 0 N–H and O–H groups in total. The van der Waals surface area contributed by atoms with E-state index in [1.165, 1.54) is 0 Å². The number of rotatable bonds is 4. The number of benzene rings is 1. The number of ether oxygens (including phenoxy) is 2. The molecule has 0 amide bonds. The Labute approximate surface area is 106 Å². The Kier molecular flexibility index (Phi) is 4.02. The minimum atomic E-state index is 0.0243. The first-order chi connectivity index (χ1) is 8.20. The number of hydrogen-bond acceptors (Lipinski definition) is 3. The molecule has 0 radical (unpaired) electrons. The summed E-state index contributed by atoms with van der Waals surface area (Å²) < 4.78 is 10.6. The second kappa shape index (κ2) is 5.52. The Hall–Kier alpha value is -1.06. The number of ketones is 1. The van der Waals surface area contributed by atoms with E-state index in [1.54, 1.807) is 25.3 Å². The molecule has 3 nitrogen and oxygen atoms in total. The molecule has 1 atom stereocenters. The van der Waals surface area contributed by atoms with E-state index in [-0.39, 0.29) is 11.9 Å². The molecule has 0 aromatic heterocycles. The van der Waals surface area contributed by atoms with Crippen LogP contribution in [0.4, 0.5) is 0 Å². The van der Waals surface area contributed by atoms with Crippen LogP contribution in [0.5, 0.6) is 5.75 Å². The zero-order valence-electron chi connectivity index (χ0n) is 9.74. The van der Waals surface area contributed by atoms with Crippen molar-refractivity contribution >= 4 is 17.4 Å². The van der Waals surface area contributed by atoms with E-state index < -0.39 is 0 Å². The van der Waals surface area contributed by atoms with Crippen LogP contribution >= 0.6 is 11.6 Å². The summed E-state index contributed by atoms with van der Waals surface area (Å²) in [5.41, 5.74) is 0.538. The van der Waals surface area contributed by atoms with E-state index in [0.717, 1.165) is 19.4 Å². The second-order valence-corrected chi connectivity index (χ2v) is 4.54. The third-order valence-corrected chi connectivity index (χ3v) is 3.13. The fourth-order valence-electron chi connectivity index (χ4n) is 2.02. The highest BCUT2D eigenvalue weighted by Crippen LogP contribution is 2.26. The summed E-state index contributed by atoms with van der Waals surface area (Å²) in [6.45, 7) is 0.755. The minimum Gasteiger partial charge on any atom is -0.496 e. The summed E-state index contributed by atoms with van der Waals surface area (Å²) in [4.78, 5) is 12.1. The average molecular weight is 255 g/mol. The van der Waals surface area contributed by atoms with Crippen LogP contribution in [-0.4, -0.2) is 25.6 Å². The molecule has 1 aliphatic heterocycles. The lowest BCUT2D eigenvalue weighted by Gasteiger charge is -2.11. The van der Waals surface area contributed by atoms with Crippen LogP contribution in [-0.2, 0) is 4.74 Å². The highest BCUT2D eigenvalue weighted by atomic mass is 35.5. The van der Waals surface area contributed by atoms with Gasteiger partial charge in [-0.2, -0.15) is 0 Å². The molecule has 1 aromatic carbocycles. The molecule has 2 rings (SSSR count). The first kappa shape index (κ1) is 12.4. The molecule has 1 heterocycles. The number of hydrogen-bond donors (Lipinski definition) is 0. The summed E-state index contributed by atoms with van der Waals surface area (Å²) in [6.07, 6.45) is 2.43. The Balaban J connectivity index is 2.14. The first-order valence-electron chi connectivity index (χ1n) is 5.69. The lowest BCUT2D eigenvalue weighted by Crippen LogP contribution is -2.13. The van der Waals surface area contributed by atoms with Crippen molar-refractivity contribution in [3.8, 4) is 5.75 Å². The van der Waals surface area contributed by atoms with E-state index >= 15 is 0 Å². The molecular formula is C13H15ClO3. The lowest BCUT2D eigenvalue weighted by atomic mass is 10.0. The SMILES string of the molecule is COc1ccc(Cl)cc1C(=O)CC1CCCO1. The summed E-state index contributed by atoms with van der Waals surface area (Å²) in [5, 5.41) is 0.543. The van der Waals surface area contributed by atoms with Gasteiger partial charge in [0.1, 0.15) is 5.75 Å². The summed E-state index contributed by atoms with van der Waals surface area (Å²) in [7, 11) is 1.55. The van der Waals surface area contributed by atoms with Crippen molar-refractivity contribution in [2.75, 3.05) is 13.7 Å². The van der Waals surface area contributed by atoms with Crippen LogP contribution in [0.25, 0.3) is 0 Å². The molecule has 1 fully saturated rings. The van der Waals surface area contributed by atoms with Crippen molar-refractivity contribution in [3.63, 3.8) is 0 Å². The molecule has 0 bridgehead atoms. The van der Waals surface area contributed by atoms with Gasteiger partial charge in [0.05, 0.1) is 18.8 Å². The van der Waals surface area contributed by atoms with E-state index in [9.17, 15) is 4.79 Å². The maximum atomic E-state index is 12.1. The van der Waals surface area contributed by atoms with E-state index in [0.29, 0.717) is 22.8 Å². The van der Waals surface area contributed by atoms with Crippen LogP contribution in [0.3, 0.4) is 0 Å². The minimum absolute atomic E-state index is 0.0243. The summed E-state index contributed by atoms with van der Waals surface area (Å²) in [5.74, 6) is 0.591. The number of halogens is 1. The van der Waals surface area contributed by atoms with Gasteiger partial charge in [0.2, 0.25) is 0 Å². The maximum absolute atomic E-state index is 12.1. The Morgan fingerprint density at radius 2 is 2.41 bits per heavy atom. The largest absolute Gasteiger partial charge is 0.496 e. The van der Waals surface area contributed by atoms with Crippen molar-refractivity contribution in [2.24, 2.45) is 0 Å². The maximum Gasteiger partial charge on any atom is 0.169 e.